The molecule has 1 aromatic rings. The van der Waals surface area contributed by atoms with E-state index in [1.807, 2.05) is 28.7 Å². The summed E-state index contributed by atoms with van der Waals surface area (Å²) >= 11 is 4.14. The summed E-state index contributed by atoms with van der Waals surface area (Å²) in [6.07, 6.45) is 0. The molecular weight excluding hydrogens is 408 g/mol. The lowest BCUT2D eigenvalue weighted by molar-refractivity contribution is 0.0599. The van der Waals surface area contributed by atoms with Gasteiger partial charge in [-0.05, 0) is 57.3 Å². The predicted octanol–water partition coefficient (Wildman–Crippen LogP) is 2.55. The SMILES string of the molecule is COC(=O)c1c(C#N)ccc(I)c1I. The summed E-state index contributed by atoms with van der Waals surface area (Å²) in [7, 11) is 1.30. The molecule has 0 spiro atoms. The molecule has 0 fully saturated rings. The average molecular weight is 413 g/mol. The van der Waals surface area contributed by atoms with Gasteiger partial charge in [-0.2, -0.15) is 5.26 Å². The number of nitriles is 1. The predicted molar refractivity (Wildman–Crippen MR) is 67.9 cm³/mol. The van der Waals surface area contributed by atoms with Crippen molar-refractivity contribution in [3.63, 3.8) is 0 Å². The zero-order valence-electron chi connectivity index (χ0n) is 7.17. The van der Waals surface area contributed by atoms with Gasteiger partial charge in [0.1, 0.15) is 6.07 Å². The third-order valence-corrected chi connectivity index (χ3v) is 4.66. The average Bonchev–Trinajstić information content (AvgIpc) is 2.20. The topological polar surface area (TPSA) is 50.1 Å². The minimum Gasteiger partial charge on any atom is -0.465 e. The number of carbonyl (C=O) groups excluding carboxylic acids is 1. The second kappa shape index (κ2) is 4.93. The second-order valence-corrected chi connectivity index (χ2v) is 4.63. The number of ether oxygens (including phenoxy) is 1. The van der Waals surface area contributed by atoms with E-state index in [-0.39, 0.29) is 0 Å². The maximum absolute atomic E-state index is 11.4. The van der Waals surface area contributed by atoms with E-state index in [0.29, 0.717) is 11.1 Å². The van der Waals surface area contributed by atoms with Gasteiger partial charge in [0, 0.05) is 7.14 Å². The summed E-state index contributed by atoms with van der Waals surface area (Å²) in [6, 6.07) is 5.39. The lowest BCUT2D eigenvalue weighted by atomic mass is 10.1. The molecule has 3 nitrogen and oxygen atoms in total. The number of hydrogen-bond acceptors (Lipinski definition) is 3. The molecule has 5 heteroatoms. The van der Waals surface area contributed by atoms with Crippen molar-refractivity contribution >= 4 is 51.2 Å². The Morgan fingerprint density at radius 1 is 1.50 bits per heavy atom. The van der Waals surface area contributed by atoms with Gasteiger partial charge < -0.3 is 4.74 Å². The van der Waals surface area contributed by atoms with Crippen molar-refractivity contribution in [2.45, 2.75) is 0 Å². The smallest absolute Gasteiger partial charge is 0.340 e. The Kier molecular flexibility index (Phi) is 4.12. The van der Waals surface area contributed by atoms with E-state index < -0.39 is 5.97 Å². The molecule has 14 heavy (non-hydrogen) atoms. The van der Waals surface area contributed by atoms with Crippen LogP contribution in [0, 0.1) is 18.5 Å². The molecule has 0 heterocycles. The van der Waals surface area contributed by atoms with E-state index in [2.05, 4.69) is 27.3 Å². The number of esters is 1. The van der Waals surface area contributed by atoms with Crippen LogP contribution >= 0.6 is 45.2 Å². The van der Waals surface area contributed by atoms with Gasteiger partial charge in [0.25, 0.3) is 0 Å². The van der Waals surface area contributed by atoms with Crippen LogP contribution < -0.4 is 0 Å². The molecule has 0 atom stereocenters. The number of hydrogen-bond donors (Lipinski definition) is 0. The van der Waals surface area contributed by atoms with E-state index in [0.717, 1.165) is 7.14 Å². The highest BCUT2D eigenvalue weighted by Crippen LogP contribution is 2.23. The van der Waals surface area contributed by atoms with E-state index in [4.69, 9.17) is 5.26 Å². The summed E-state index contributed by atoms with van der Waals surface area (Å²) in [6.45, 7) is 0. The Hall–Kier alpha value is -0.360. The highest BCUT2D eigenvalue weighted by Gasteiger charge is 2.17. The highest BCUT2D eigenvalue weighted by atomic mass is 127. The summed E-state index contributed by atoms with van der Waals surface area (Å²) in [5, 5.41) is 8.81. The molecule has 0 aromatic heterocycles. The largest absolute Gasteiger partial charge is 0.465 e. The molecule has 0 bridgehead atoms. The Morgan fingerprint density at radius 3 is 2.64 bits per heavy atom. The van der Waals surface area contributed by atoms with Crippen molar-refractivity contribution in [3.05, 3.63) is 30.4 Å². The number of carbonyl (C=O) groups is 1. The molecule has 1 rings (SSSR count). The molecule has 0 saturated heterocycles. The molecule has 72 valence electrons. The summed E-state index contributed by atoms with van der Waals surface area (Å²) < 4.78 is 6.31. The zero-order chi connectivity index (χ0) is 10.7. The summed E-state index contributed by atoms with van der Waals surface area (Å²) in [5.74, 6) is -0.468. The van der Waals surface area contributed by atoms with E-state index in [1.165, 1.54) is 7.11 Å². The number of nitrogens with zero attached hydrogens (tertiary/aromatic N) is 1. The van der Waals surface area contributed by atoms with Crippen molar-refractivity contribution in [2.24, 2.45) is 0 Å². The quantitative estimate of drug-likeness (QED) is 0.526. The van der Waals surface area contributed by atoms with Crippen molar-refractivity contribution in [1.82, 2.24) is 0 Å². The molecule has 0 N–H and O–H groups in total. The van der Waals surface area contributed by atoms with Gasteiger partial charge in [-0.25, -0.2) is 4.79 Å². The number of rotatable bonds is 1. The van der Waals surface area contributed by atoms with Crippen LogP contribution in [0.2, 0.25) is 0 Å². The van der Waals surface area contributed by atoms with Crippen LogP contribution in [0.1, 0.15) is 15.9 Å². The maximum atomic E-state index is 11.4. The fourth-order valence-electron chi connectivity index (χ4n) is 0.945. The van der Waals surface area contributed by atoms with Crippen LogP contribution in [0.4, 0.5) is 0 Å². The normalized spacial score (nSPS) is 9.29. The molecule has 1 aromatic carbocycles. The zero-order valence-corrected chi connectivity index (χ0v) is 11.5. The summed E-state index contributed by atoms with van der Waals surface area (Å²) in [5.41, 5.74) is 0.698. The Balaban J connectivity index is 3.45. The Morgan fingerprint density at radius 2 is 2.14 bits per heavy atom. The first-order chi connectivity index (χ1) is 6.61. The Labute approximate surface area is 109 Å². The van der Waals surface area contributed by atoms with Crippen LogP contribution in [0.25, 0.3) is 0 Å². The molecule has 0 aliphatic carbocycles. The van der Waals surface area contributed by atoms with E-state index in [1.54, 1.807) is 12.1 Å². The van der Waals surface area contributed by atoms with Gasteiger partial charge in [0.2, 0.25) is 0 Å². The molecule has 0 amide bonds. The van der Waals surface area contributed by atoms with Gasteiger partial charge in [0.05, 0.1) is 18.2 Å². The molecule has 0 radical (unpaired) electrons. The fraction of sp³-hybridized carbons (Fsp3) is 0.111. The minimum absolute atomic E-state index is 0.349. The third kappa shape index (κ3) is 2.17. The number of halogens is 2. The first kappa shape index (κ1) is 11.7. The molecular formula is C9H5I2NO2. The van der Waals surface area contributed by atoms with Crippen LogP contribution in [0.5, 0.6) is 0 Å². The fourth-order valence-corrected chi connectivity index (χ4v) is 2.09. The van der Waals surface area contributed by atoms with Crippen LogP contribution in [0.3, 0.4) is 0 Å². The first-order valence-electron chi connectivity index (χ1n) is 3.58. The lowest BCUT2D eigenvalue weighted by Crippen LogP contribution is -2.07. The maximum Gasteiger partial charge on any atom is 0.340 e. The first-order valence-corrected chi connectivity index (χ1v) is 5.74. The van der Waals surface area contributed by atoms with Crippen molar-refractivity contribution in [2.75, 3.05) is 7.11 Å². The highest BCUT2D eigenvalue weighted by molar-refractivity contribution is 14.1. The second-order valence-electron chi connectivity index (χ2n) is 2.39. The molecule has 0 aliphatic rings. The van der Waals surface area contributed by atoms with Gasteiger partial charge in [0.15, 0.2) is 0 Å². The number of benzene rings is 1. The third-order valence-electron chi connectivity index (χ3n) is 1.60. The van der Waals surface area contributed by atoms with Crippen LogP contribution in [0.15, 0.2) is 12.1 Å². The summed E-state index contributed by atoms with van der Waals surface area (Å²) in [4.78, 5) is 11.4. The minimum atomic E-state index is -0.468. The van der Waals surface area contributed by atoms with E-state index in [9.17, 15) is 4.79 Å². The molecule has 0 saturated carbocycles. The van der Waals surface area contributed by atoms with Gasteiger partial charge in [-0.3, -0.25) is 0 Å². The standard InChI is InChI=1S/C9H5I2NO2/c1-14-9(13)7-5(4-12)2-3-6(10)8(7)11/h2-3H,1H3. The van der Waals surface area contributed by atoms with Crippen molar-refractivity contribution in [3.8, 4) is 6.07 Å². The van der Waals surface area contributed by atoms with Crippen molar-refractivity contribution < 1.29 is 9.53 Å². The van der Waals surface area contributed by atoms with Crippen molar-refractivity contribution in [1.29, 1.82) is 5.26 Å². The lowest BCUT2D eigenvalue weighted by Gasteiger charge is -2.05. The van der Waals surface area contributed by atoms with Crippen LogP contribution in [-0.2, 0) is 4.74 Å². The Bertz CT molecular complexity index is 424. The van der Waals surface area contributed by atoms with Gasteiger partial charge in [-0.15, -0.1) is 0 Å². The molecule has 0 aliphatic heterocycles. The monoisotopic (exact) mass is 413 g/mol. The molecule has 0 unspecified atom stereocenters. The van der Waals surface area contributed by atoms with E-state index >= 15 is 0 Å². The van der Waals surface area contributed by atoms with Crippen LogP contribution in [-0.4, -0.2) is 13.1 Å². The van der Waals surface area contributed by atoms with Gasteiger partial charge >= 0.3 is 5.97 Å². The number of methoxy groups -OCH3 is 1. The van der Waals surface area contributed by atoms with Gasteiger partial charge in [-0.1, -0.05) is 0 Å².